The highest BCUT2D eigenvalue weighted by Crippen LogP contribution is 2.18. The van der Waals surface area contributed by atoms with Gasteiger partial charge in [0.25, 0.3) is 0 Å². The van der Waals surface area contributed by atoms with E-state index in [9.17, 15) is 4.79 Å². The maximum Gasteiger partial charge on any atom is 0.237 e. The van der Waals surface area contributed by atoms with Crippen LogP contribution in [0.25, 0.3) is 0 Å². The molecular formula is C13H14N4OS. The minimum atomic E-state index is 0.00776. The first-order valence-electron chi connectivity index (χ1n) is 5.68. The molecule has 0 bridgehead atoms. The lowest BCUT2D eigenvalue weighted by Gasteiger charge is -2.17. The number of benzene rings is 1. The summed E-state index contributed by atoms with van der Waals surface area (Å²) in [5.41, 5.74) is 7.12. The summed E-state index contributed by atoms with van der Waals surface area (Å²) in [6.07, 6.45) is 3.12. The third kappa shape index (κ3) is 3.69. The van der Waals surface area contributed by atoms with Crippen molar-refractivity contribution >= 4 is 29.0 Å². The van der Waals surface area contributed by atoms with Gasteiger partial charge in [0.1, 0.15) is 6.33 Å². The van der Waals surface area contributed by atoms with Crippen LogP contribution in [0.2, 0.25) is 0 Å². The van der Waals surface area contributed by atoms with Crippen LogP contribution in [-0.2, 0) is 4.79 Å². The van der Waals surface area contributed by atoms with Crippen LogP contribution in [0.3, 0.4) is 0 Å². The number of anilines is 2. The summed E-state index contributed by atoms with van der Waals surface area (Å²) in [6, 6.07) is 8.97. The number of carbonyl (C=O) groups is 1. The number of carbonyl (C=O) groups excluding carboxylic acids is 1. The van der Waals surface area contributed by atoms with Crippen molar-refractivity contribution in [2.24, 2.45) is 0 Å². The van der Waals surface area contributed by atoms with Crippen LogP contribution in [0.4, 0.5) is 11.4 Å². The lowest BCUT2D eigenvalue weighted by atomic mass is 10.2. The molecule has 1 heterocycles. The molecule has 2 rings (SSSR count). The van der Waals surface area contributed by atoms with Crippen LogP contribution in [0.1, 0.15) is 0 Å². The first-order chi connectivity index (χ1) is 9.16. The maximum absolute atomic E-state index is 12.0. The number of hydrogen-bond acceptors (Lipinski definition) is 5. The molecule has 2 N–H and O–H groups in total. The predicted molar refractivity (Wildman–Crippen MR) is 77.0 cm³/mol. The highest BCUT2D eigenvalue weighted by molar-refractivity contribution is 7.99. The van der Waals surface area contributed by atoms with Gasteiger partial charge < -0.3 is 10.6 Å². The van der Waals surface area contributed by atoms with E-state index in [0.29, 0.717) is 11.4 Å². The van der Waals surface area contributed by atoms with Crippen molar-refractivity contribution in [1.29, 1.82) is 0 Å². The Morgan fingerprint density at radius 1 is 1.32 bits per heavy atom. The van der Waals surface area contributed by atoms with Gasteiger partial charge >= 0.3 is 0 Å². The Labute approximate surface area is 115 Å². The van der Waals surface area contributed by atoms with E-state index in [1.807, 2.05) is 12.1 Å². The number of amides is 1. The second-order valence-electron chi connectivity index (χ2n) is 3.88. The number of aromatic nitrogens is 2. The van der Waals surface area contributed by atoms with Crippen LogP contribution in [-0.4, -0.2) is 28.7 Å². The summed E-state index contributed by atoms with van der Waals surface area (Å²) in [5.74, 6) is 0.339. The molecule has 0 spiro atoms. The number of nitrogens with two attached hydrogens (primary N) is 1. The van der Waals surface area contributed by atoms with E-state index in [-0.39, 0.29) is 5.91 Å². The van der Waals surface area contributed by atoms with Crippen molar-refractivity contribution in [1.82, 2.24) is 9.97 Å². The van der Waals surface area contributed by atoms with E-state index in [4.69, 9.17) is 5.73 Å². The van der Waals surface area contributed by atoms with Crippen molar-refractivity contribution in [3.63, 3.8) is 0 Å². The van der Waals surface area contributed by atoms with Gasteiger partial charge in [-0.2, -0.15) is 0 Å². The number of thioether (sulfide) groups is 1. The van der Waals surface area contributed by atoms with Gasteiger partial charge in [-0.05, 0) is 30.3 Å². The molecule has 1 amide bonds. The largest absolute Gasteiger partial charge is 0.399 e. The second-order valence-corrected chi connectivity index (χ2v) is 4.88. The Morgan fingerprint density at radius 2 is 2.05 bits per heavy atom. The molecule has 5 nitrogen and oxygen atoms in total. The molecule has 0 saturated heterocycles. The first-order valence-corrected chi connectivity index (χ1v) is 6.66. The van der Waals surface area contributed by atoms with Gasteiger partial charge in [-0.25, -0.2) is 9.97 Å². The van der Waals surface area contributed by atoms with Crippen molar-refractivity contribution in [2.45, 2.75) is 5.03 Å². The minimum absolute atomic E-state index is 0.00776. The molecule has 2 aromatic rings. The third-order valence-corrected chi connectivity index (χ3v) is 3.48. The van der Waals surface area contributed by atoms with E-state index in [0.717, 1.165) is 10.7 Å². The summed E-state index contributed by atoms with van der Waals surface area (Å²) in [6.45, 7) is 0. The third-order valence-electron chi connectivity index (χ3n) is 2.55. The Hall–Kier alpha value is -2.08. The van der Waals surface area contributed by atoms with Crippen molar-refractivity contribution in [3.8, 4) is 0 Å². The second kappa shape index (κ2) is 6.19. The molecule has 0 aliphatic carbocycles. The molecule has 0 aliphatic heterocycles. The minimum Gasteiger partial charge on any atom is -0.399 e. The fourth-order valence-corrected chi connectivity index (χ4v) is 2.18. The highest BCUT2D eigenvalue weighted by Gasteiger charge is 2.11. The molecule has 1 aromatic carbocycles. The SMILES string of the molecule is CN(C(=O)CSc1ccncn1)c1ccc(N)cc1. The molecule has 98 valence electrons. The average Bonchev–Trinajstić information content (AvgIpc) is 2.46. The molecule has 19 heavy (non-hydrogen) atoms. The quantitative estimate of drug-likeness (QED) is 0.523. The van der Waals surface area contributed by atoms with Gasteiger partial charge in [0.2, 0.25) is 5.91 Å². The van der Waals surface area contributed by atoms with Crippen molar-refractivity contribution in [2.75, 3.05) is 23.4 Å². The van der Waals surface area contributed by atoms with Gasteiger partial charge in [0.15, 0.2) is 0 Å². The Kier molecular flexibility index (Phi) is 4.35. The zero-order valence-electron chi connectivity index (χ0n) is 10.5. The predicted octanol–water partition coefficient (Wildman–Crippen LogP) is 1.81. The zero-order valence-corrected chi connectivity index (χ0v) is 11.3. The van der Waals surface area contributed by atoms with Crippen LogP contribution in [0, 0.1) is 0 Å². The standard InChI is InChI=1S/C13H14N4OS/c1-17(11-4-2-10(14)3-5-11)13(18)8-19-12-6-7-15-9-16-12/h2-7,9H,8,14H2,1H3. The summed E-state index contributed by atoms with van der Waals surface area (Å²) in [4.78, 5) is 21.5. The van der Waals surface area contributed by atoms with E-state index in [1.54, 1.807) is 36.3 Å². The van der Waals surface area contributed by atoms with Crippen LogP contribution in [0.15, 0.2) is 47.9 Å². The number of nitrogens with zero attached hydrogens (tertiary/aromatic N) is 3. The fraction of sp³-hybridized carbons (Fsp3) is 0.154. The van der Waals surface area contributed by atoms with E-state index in [2.05, 4.69) is 9.97 Å². The van der Waals surface area contributed by atoms with Gasteiger partial charge in [-0.15, -0.1) is 0 Å². The Morgan fingerprint density at radius 3 is 2.68 bits per heavy atom. The summed E-state index contributed by atoms with van der Waals surface area (Å²) < 4.78 is 0. The molecule has 0 unspecified atom stereocenters. The highest BCUT2D eigenvalue weighted by atomic mass is 32.2. The monoisotopic (exact) mass is 274 g/mol. The normalized spacial score (nSPS) is 10.2. The molecule has 6 heteroatoms. The number of hydrogen-bond donors (Lipinski definition) is 1. The summed E-state index contributed by atoms with van der Waals surface area (Å²) >= 11 is 1.39. The lowest BCUT2D eigenvalue weighted by Crippen LogP contribution is -2.27. The molecular weight excluding hydrogens is 260 g/mol. The summed E-state index contributed by atoms with van der Waals surface area (Å²) in [7, 11) is 1.74. The molecule has 0 saturated carbocycles. The summed E-state index contributed by atoms with van der Waals surface area (Å²) in [5, 5.41) is 0.786. The van der Waals surface area contributed by atoms with Crippen molar-refractivity contribution in [3.05, 3.63) is 42.9 Å². The van der Waals surface area contributed by atoms with Crippen LogP contribution >= 0.6 is 11.8 Å². The van der Waals surface area contributed by atoms with Crippen LogP contribution in [0.5, 0.6) is 0 Å². The fourth-order valence-electron chi connectivity index (χ4n) is 1.44. The van der Waals surface area contributed by atoms with Gasteiger partial charge in [0.05, 0.1) is 10.8 Å². The van der Waals surface area contributed by atoms with Gasteiger partial charge in [0, 0.05) is 24.6 Å². The van der Waals surface area contributed by atoms with Gasteiger partial charge in [-0.1, -0.05) is 11.8 Å². The van der Waals surface area contributed by atoms with E-state index < -0.39 is 0 Å². The number of nitrogen functional groups attached to an aromatic ring is 1. The lowest BCUT2D eigenvalue weighted by molar-refractivity contribution is -0.115. The Bertz CT molecular complexity index is 544. The average molecular weight is 274 g/mol. The smallest absolute Gasteiger partial charge is 0.237 e. The number of rotatable bonds is 4. The molecule has 0 fully saturated rings. The zero-order chi connectivity index (χ0) is 13.7. The molecule has 0 aliphatic rings. The molecule has 0 atom stereocenters. The van der Waals surface area contributed by atoms with Crippen LogP contribution < -0.4 is 10.6 Å². The topological polar surface area (TPSA) is 72.1 Å². The van der Waals surface area contributed by atoms with Crippen molar-refractivity contribution < 1.29 is 4.79 Å². The molecule has 1 aromatic heterocycles. The Balaban J connectivity index is 1.94. The molecule has 0 radical (unpaired) electrons. The van der Waals surface area contributed by atoms with E-state index >= 15 is 0 Å². The van der Waals surface area contributed by atoms with E-state index in [1.165, 1.54) is 18.1 Å². The first kappa shape index (κ1) is 13.4. The maximum atomic E-state index is 12.0. The van der Waals surface area contributed by atoms with Gasteiger partial charge in [-0.3, -0.25) is 4.79 Å².